The molecular formula is C20H29ClN4OS. The molecule has 0 radical (unpaired) electrons. The second-order valence-corrected chi connectivity index (χ2v) is 10.9. The molecule has 1 saturated carbocycles. The van der Waals surface area contributed by atoms with Crippen LogP contribution in [0.15, 0.2) is 11.2 Å². The summed E-state index contributed by atoms with van der Waals surface area (Å²) in [5.74, 6) is 1.47. The van der Waals surface area contributed by atoms with Gasteiger partial charge in [0.2, 0.25) is 5.91 Å². The van der Waals surface area contributed by atoms with Crippen LogP contribution in [0.2, 0.25) is 5.15 Å². The van der Waals surface area contributed by atoms with Gasteiger partial charge in [0.05, 0.1) is 5.75 Å². The molecule has 5 nitrogen and oxygen atoms in total. The van der Waals surface area contributed by atoms with Crippen molar-refractivity contribution in [2.45, 2.75) is 64.1 Å². The molecule has 3 heterocycles. The predicted octanol–water partition coefficient (Wildman–Crippen LogP) is 4.25. The maximum absolute atomic E-state index is 12.9. The second kappa shape index (κ2) is 7.11. The molecule has 2 unspecified atom stereocenters. The molecule has 1 amide bonds. The number of halogens is 1. The third kappa shape index (κ3) is 4.21. The summed E-state index contributed by atoms with van der Waals surface area (Å²) >= 11 is 7.62. The van der Waals surface area contributed by atoms with Crippen LogP contribution in [0.1, 0.15) is 52.9 Å². The average molecular weight is 409 g/mol. The maximum atomic E-state index is 12.9. The molecule has 0 aromatic carbocycles. The van der Waals surface area contributed by atoms with Crippen molar-refractivity contribution in [3.8, 4) is 0 Å². The van der Waals surface area contributed by atoms with Crippen LogP contribution >= 0.6 is 23.4 Å². The van der Waals surface area contributed by atoms with Crippen molar-refractivity contribution in [1.82, 2.24) is 14.9 Å². The van der Waals surface area contributed by atoms with Crippen LogP contribution < -0.4 is 4.90 Å². The first kappa shape index (κ1) is 19.3. The summed E-state index contributed by atoms with van der Waals surface area (Å²) in [6.45, 7) is 9.92. The lowest BCUT2D eigenvalue weighted by Crippen LogP contribution is -2.38. The Kier molecular flexibility index (Phi) is 5.08. The lowest BCUT2D eigenvalue weighted by atomic mass is 9.65. The van der Waals surface area contributed by atoms with E-state index in [4.69, 9.17) is 11.6 Å². The topological polar surface area (TPSA) is 49.3 Å². The van der Waals surface area contributed by atoms with E-state index in [0.29, 0.717) is 27.5 Å². The molecule has 1 aliphatic carbocycles. The number of carbonyl (C=O) groups is 1. The number of hydrogen-bond donors (Lipinski definition) is 0. The van der Waals surface area contributed by atoms with Gasteiger partial charge in [0.1, 0.15) is 11.0 Å². The Morgan fingerprint density at radius 2 is 2.00 bits per heavy atom. The van der Waals surface area contributed by atoms with Crippen LogP contribution in [0.4, 0.5) is 5.82 Å². The Morgan fingerprint density at radius 3 is 2.74 bits per heavy atom. The Balaban J connectivity index is 1.41. The smallest absolute Gasteiger partial charge is 0.233 e. The molecule has 2 bridgehead atoms. The van der Waals surface area contributed by atoms with E-state index in [9.17, 15) is 4.79 Å². The summed E-state index contributed by atoms with van der Waals surface area (Å²) in [5.41, 5.74) is 0.586. The predicted molar refractivity (Wildman–Crippen MR) is 110 cm³/mol. The van der Waals surface area contributed by atoms with Gasteiger partial charge >= 0.3 is 0 Å². The van der Waals surface area contributed by atoms with Gasteiger partial charge in [0.25, 0.3) is 0 Å². The lowest BCUT2D eigenvalue weighted by molar-refractivity contribution is -0.129. The largest absolute Gasteiger partial charge is 0.356 e. The molecule has 3 fully saturated rings. The SMILES string of the molecule is CC1(C)CC2CC(C)(CN2C(=O)CSc2nc(Cl)cc(N3CCCC3)n2)C1. The fraction of sp³-hybridized carbons (Fsp3) is 0.750. The Bertz CT molecular complexity index is 737. The number of rotatable bonds is 4. The molecule has 0 N–H and O–H groups in total. The zero-order valence-corrected chi connectivity index (χ0v) is 18.1. The summed E-state index contributed by atoms with van der Waals surface area (Å²) in [6.07, 6.45) is 5.82. The van der Waals surface area contributed by atoms with Gasteiger partial charge in [-0.15, -0.1) is 0 Å². The second-order valence-electron chi connectivity index (χ2n) is 9.55. The van der Waals surface area contributed by atoms with Crippen LogP contribution in [-0.2, 0) is 4.79 Å². The van der Waals surface area contributed by atoms with E-state index in [2.05, 4.69) is 40.5 Å². The van der Waals surface area contributed by atoms with Gasteiger partial charge in [-0.05, 0) is 42.9 Å². The molecule has 4 rings (SSSR count). The van der Waals surface area contributed by atoms with E-state index in [-0.39, 0.29) is 11.3 Å². The minimum atomic E-state index is 0.206. The third-order valence-corrected chi connectivity index (χ3v) is 7.18. The Labute approximate surface area is 171 Å². The molecule has 27 heavy (non-hydrogen) atoms. The van der Waals surface area contributed by atoms with Gasteiger partial charge in [0.15, 0.2) is 5.16 Å². The van der Waals surface area contributed by atoms with Crippen LogP contribution in [0.3, 0.4) is 0 Å². The zero-order valence-electron chi connectivity index (χ0n) is 16.5. The molecule has 1 aromatic rings. The summed E-state index contributed by atoms with van der Waals surface area (Å²) in [7, 11) is 0. The van der Waals surface area contributed by atoms with Crippen molar-refractivity contribution >= 4 is 35.1 Å². The molecule has 148 valence electrons. The molecule has 7 heteroatoms. The van der Waals surface area contributed by atoms with Gasteiger partial charge in [-0.2, -0.15) is 0 Å². The quantitative estimate of drug-likeness (QED) is 0.423. The Morgan fingerprint density at radius 1 is 1.26 bits per heavy atom. The molecule has 3 aliphatic rings. The Hall–Kier alpha value is -1.01. The number of fused-ring (bicyclic) bond motifs is 2. The normalized spacial score (nSPS) is 29.4. The van der Waals surface area contributed by atoms with Crippen molar-refractivity contribution in [3.63, 3.8) is 0 Å². The van der Waals surface area contributed by atoms with Crippen molar-refractivity contribution in [1.29, 1.82) is 0 Å². The van der Waals surface area contributed by atoms with Crippen LogP contribution in [0, 0.1) is 10.8 Å². The van der Waals surface area contributed by atoms with Gasteiger partial charge in [-0.1, -0.05) is 44.1 Å². The number of anilines is 1. The molecule has 0 spiro atoms. The van der Waals surface area contributed by atoms with E-state index in [0.717, 1.165) is 38.3 Å². The van der Waals surface area contributed by atoms with Crippen molar-refractivity contribution in [2.75, 3.05) is 30.3 Å². The van der Waals surface area contributed by atoms with E-state index in [1.54, 1.807) is 0 Å². The standard InChI is InChI=1S/C20H29ClN4OS/c1-19(2)9-14-10-20(3,12-19)13-25(14)17(26)11-27-18-22-15(21)8-16(23-18)24-6-4-5-7-24/h8,14H,4-7,9-13H2,1-3H3. The van der Waals surface area contributed by atoms with Gasteiger partial charge in [-0.3, -0.25) is 4.79 Å². The monoisotopic (exact) mass is 408 g/mol. The van der Waals surface area contributed by atoms with Crippen LogP contribution in [0.5, 0.6) is 0 Å². The number of likely N-dealkylation sites (tertiary alicyclic amines) is 1. The summed E-state index contributed by atoms with van der Waals surface area (Å²) in [4.78, 5) is 26.3. The average Bonchev–Trinajstić information content (AvgIpc) is 3.17. The number of nitrogens with zero attached hydrogens (tertiary/aromatic N) is 4. The number of aromatic nitrogens is 2. The van der Waals surface area contributed by atoms with Crippen molar-refractivity contribution in [2.24, 2.45) is 10.8 Å². The van der Waals surface area contributed by atoms with Gasteiger partial charge < -0.3 is 9.80 Å². The highest BCUT2D eigenvalue weighted by Gasteiger charge is 2.50. The van der Waals surface area contributed by atoms with Gasteiger partial charge in [-0.25, -0.2) is 9.97 Å². The fourth-order valence-corrected chi connectivity index (χ4v) is 6.49. The highest BCUT2D eigenvalue weighted by atomic mass is 35.5. The van der Waals surface area contributed by atoms with E-state index in [1.165, 1.54) is 31.0 Å². The van der Waals surface area contributed by atoms with Crippen molar-refractivity contribution < 1.29 is 4.79 Å². The van der Waals surface area contributed by atoms with Gasteiger partial charge in [0, 0.05) is 31.7 Å². The number of hydrogen-bond acceptors (Lipinski definition) is 5. The van der Waals surface area contributed by atoms with Crippen LogP contribution in [0.25, 0.3) is 0 Å². The maximum Gasteiger partial charge on any atom is 0.233 e. The molecular weight excluding hydrogens is 380 g/mol. The van der Waals surface area contributed by atoms with Crippen molar-refractivity contribution in [3.05, 3.63) is 11.2 Å². The summed E-state index contributed by atoms with van der Waals surface area (Å²) in [6, 6.07) is 2.21. The highest BCUT2D eigenvalue weighted by molar-refractivity contribution is 7.99. The summed E-state index contributed by atoms with van der Waals surface area (Å²) in [5, 5.41) is 1.06. The summed E-state index contributed by atoms with van der Waals surface area (Å²) < 4.78 is 0. The third-order valence-electron chi connectivity index (χ3n) is 6.15. The fourth-order valence-electron chi connectivity index (χ4n) is 5.52. The minimum Gasteiger partial charge on any atom is -0.356 e. The number of thioether (sulfide) groups is 1. The first-order chi connectivity index (χ1) is 12.7. The lowest BCUT2D eigenvalue weighted by Gasteiger charge is -2.39. The van der Waals surface area contributed by atoms with E-state index in [1.807, 2.05) is 6.07 Å². The van der Waals surface area contributed by atoms with E-state index < -0.39 is 0 Å². The minimum absolute atomic E-state index is 0.206. The molecule has 1 aromatic heterocycles. The number of carbonyl (C=O) groups excluding carboxylic acids is 1. The highest BCUT2D eigenvalue weighted by Crippen LogP contribution is 2.52. The molecule has 2 aliphatic heterocycles. The molecule has 2 atom stereocenters. The first-order valence-electron chi connectivity index (χ1n) is 9.95. The molecule has 2 saturated heterocycles. The first-order valence-corrected chi connectivity index (χ1v) is 11.3. The zero-order chi connectivity index (χ0) is 19.2. The van der Waals surface area contributed by atoms with E-state index >= 15 is 0 Å². The van der Waals surface area contributed by atoms with Crippen LogP contribution in [-0.4, -0.2) is 52.2 Å². The number of amides is 1.